The Morgan fingerprint density at radius 3 is 1.14 bits per heavy atom. The molecule has 0 atom stereocenters. The van der Waals surface area contributed by atoms with Crippen molar-refractivity contribution in [3.63, 3.8) is 0 Å². The third-order valence-corrected chi connectivity index (χ3v) is 14.7. The van der Waals surface area contributed by atoms with Gasteiger partial charge in [0.25, 0.3) is 0 Å². The van der Waals surface area contributed by atoms with Crippen LogP contribution in [0.2, 0.25) is 0 Å². The monoisotopic (exact) mass is 1190 g/mol. The normalized spacial score (nSPS) is 14.3. The van der Waals surface area contributed by atoms with Crippen LogP contribution in [-0.4, -0.2) is 27.1 Å². The molecule has 64 heavy (non-hydrogen) atoms. The molecule has 1 aliphatic rings. The van der Waals surface area contributed by atoms with Crippen molar-refractivity contribution in [2.45, 2.75) is 46.3 Å². The van der Waals surface area contributed by atoms with Crippen LogP contribution in [0, 0.1) is 3.57 Å². The first-order chi connectivity index (χ1) is 30.0. The number of fused-ring (bicyclic) bond motifs is 12. The average molecular weight is 1190 g/mol. The minimum absolute atomic E-state index is 0. The number of benzene rings is 8. The zero-order valence-corrected chi connectivity index (χ0v) is 42.7. The van der Waals surface area contributed by atoms with Crippen molar-refractivity contribution in [2.24, 2.45) is 0 Å². The third kappa shape index (κ3) is 7.38. The third-order valence-electron chi connectivity index (χ3n) is 12.9. The van der Waals surface area contributed by atoms with Gasteiger partial charge in [0, 0.05) is 57.0 Å². The summed E-state index contributed by atoms with van der Waals surface area (Å²) < 4.78 is 21.0. The summed E-state index contributed by atoms with van der Waals surface area (Å²) in [5.41, 5.74) is 10.6. The fourth-order valence-corrected chi connectivity index (χ4v) is 10.2. The lowest BCUT2D eigenvalue weighted by Gasteiger charge is -2.32. The highest BCUT2D eigenvalue weighted by Gasteiger charge is 2.52. The van der Waals surface area contributed by atoms with Gasteiger partial charge in [-0.15, -0.1) is 24.0 Å². The SMILES string of the molecule is Brc1ccc(-c2cc3c4ccccc4n4c5ccccc5c(c2)c34)cc1.Brc1ccc(I)cc1.C.CC1(C)OB(c2cc3c4ccccc4n4c5ccccc5c(c2)c34)OC1(C)C.I.[HH]. The summed E-state index contributed by atoms with van der Waals surface area (Å²) in [6.45, 7) is 8.41. The molecule has 5 heterocycles. The van der Waals surface area contributed by atoms with Gasteiger partial charge in [-0.1, -0.05) is 136 Å². The Hall–Kier alpha value is -4.24. The van der Waals surface area contributed by atoms with Crippen molar-refractivity contribution in [2.75, 3.05) is 0 Å². The molecule has 0 spiro atoms. The van der Waals surface area contributed by atoms with Crippen LogP contribution in [0.3, 0.4) is 0 Å². The number of halogens is 4. The molecule has 13 rings (SSSR count). The van der Waals surface area contributed by atoms with Gasteiger partial charge in [-0.2, -0.15) is 0 Å². The number of hydrogen-bond acceptors (Lipinski definition) is 2. The fraction of sp³-hybridized carbons (Fsp3) is 0.127. The molecule has 1 saturated heterocycles. The predicted octanol–water partition coefficient (Wildman–Crippen LogP) is 17.0. The van der Waals surface area contributed by atoms with E-state index < -0.39 is 0 Å². The van der Waals surface area contributed by atoms with Gasteiger partial charge in [0.1, 0.15) is 0 Å². The van der Waals surface area contributed by atoms with E-state index in [2.05, 4.69) is 249 Å². The van der Waals surface area contributed by atoms with Gasteiger partial charge >= 0.3 is 7.12 Å². The standard InChI is InChI=1S/C24H22BNO2.C24H14BrN.C6H4BrI.CH4.HI.H2/c1-23(2)24(3,4)28-25(27-23)15-13-18-16-9-5-7-11-20(16)26-21-12-8-6-10-17(21)19(14-15)22(18)26;25-17-11-9-15(10-12-17)16-13-20-18-5-1-3-7-22(18)26-23-8-4-2-6-19(23)21(14-16)24(20)26;7-5-1-3-6(8)4-2-5;;;/h5-14H,1-4H3;1-14H;1-4H;1H4;2*1H. The average Bonchev–Trinajstić information content (AvgIpc) is 4.05. The molecule has 0 aliphatic carbocycles. The van der Waals surface area contributed by atoms with E-state index in [1.807, 2.05) is 12.1 Å². The Kier molecular flexibility index (Phi) is 12.1. The maximum absolute atomic E-state index is 6.36. The topological polar surface area (TPSA) is 27.3 Å². The Morgan fingerprint density at radius 1 is 0.453 bits per heavy atom. The van der Waals surface area contributed by atoms with Crippen LogP contribution in [0.15, 0.2) is 179 Å². The Morgan fingerprint density at radius 2 is 0.781 bits per heavy atom. The lowest BCUT2D eigenvalue weighted by Crippen LogP contribution is -2.41. The Labute approximate surface area is 422 Å². The first-order valence-electron chi connectivity index (χ1n) is 20.8. The number of para-hydroxylation sites is 4. The molecule has 0 unspecified atom stereocenters. The van der Waals surface area contributed by atoms with Crippen molar-refractivity contribution < 1.29 is 10.7 Å². The quantitative estimate of drug-likeness (QED) is 0.127. The molecule has 0 bridgehead atoms. The van der Waals surface area contributed by atoms with Gasteiger partial charge < -0.3 is 18.1 Å². The number of nitrogens with zero attached hydrogens (tertiary/aromatic N) is 2. The second-order valence-corrected chi connectivity index (χ2v) is 20.2. The van der Waals surface area contributed by atoms with Gasteiger partial charge in [0.05, 0.1) is 44.3 Å². The summed E-state index contributed by atoms with van der Waals surface area (Å²) in [4.78, 5) is 0. The molecule has 1 aliphatic heterocycles. The predicted molar refractivity (Wildman–Crippen MR) is 302 cm³/mol. The molecule has 0 saturated carbocycles. The van der Waals surface area contributed by atoms with Crippen molar-refractivity contribution >= 4 is 167 Å². The highest BCUT2D eigenvalue weighted by atomic mass is 127. The molecule has 8 aromatic carbocycles. The van der Waals surface area contributed by atoms with E-state index in [1.54, 1.807) is 0 Å². The Balaban J connectivity index is 0.000000146. The van der Waals surface area contributed by atoms with Crippen molar-refractivity contribution in [3.05, 3.63) is 182 Å². The first-order valence-corrected chi connectivity index (χ1v) is 23.5. The van der Waals surface area contributed by atoms with E-state index in [1.165, 1.54) is 90.9 Å². The van der Waals surface area contributed by atoms with Crippen LogP contribution in [0.4, 0.5) is 0 Å². The number of hydrogen-bond donors (Lipinski definition) is 0. The minimum Gasteiger partial charge on any atom is -0.399 e. The molecule has 4 aromatic heterocycles. The zero-order valence-electron chi connectivity index (χ0n) is 35.0. The van der Waals surface area contributed by atoms with Gasteiger partial charge in [0.15, 0.2) is 0 Å². The first kappa shape index (κ1) is 44.9. The summed E-state index contributed by atoms with van der Waals surface area (Å²) in [6, 6.07) is 60.6. The van der Waals surface area contributed by atoms with Gasteiger partial charge in [-0.05, 0) is 140 Å². The molecular weight excluding hydrogens is 1150 g/mol. The molecule has 12 aromatic rings. The summed E-state index contributed by atoms with van der Waals surface area (Å²) in [5, 5.41) is 10.3. The molecular formula is C55H47BBr2I2N2O2. The Bertz CT molecular complexity index is 3440. The largest absolute Gasteiger partial charge is 0.494 e. The van der Waals surface area contributed by atoms with Crippen LogP contribution in [0.5, 0.6) is 0 Å². The van der Waals surface area contributed by atoms with Crippen LogP contribution in [0.25, 0.3) is 87.3 Å². The van der Waals surface area contributed by atoms with Gasteiger partial charge in [-0.25, -0.2) is 0 Å². The molecule has 1 fully saturated rings. The second kappa shape index (κ2) is 17.2. The van der Waals surface area contributed by atoms with Gasteiger partial charge in [-0.3, -0.25) is 0 Å². The summed E-state index contributed by atoms with van der Waals surface area (Å²) in [5.74, 6) is 0. The zero-order chi connectivity index (χ0) is 42.5. The maximum Gasteiger partial charge on any atom is 0.494 e. The van der Waals surface area contributed by atoms with Crippen molar-refractivity contribution in [3.8, 4) is 11.1 Å². The van der Waals surface area contributed by atoms with Crippen LogP contribution < -0.4 is 5.46 Å². The van der Waals surface area contributed by atoms with Crippen LogP contribution in [-0.2, 0) is 9.31 Å². The summed E-state index contributed by atoms with van der Waals surface area (Å²) in [6.07, 6.45) is 0. The highest BCUT2D eigenvalue weighted by molar-refractivity contribution is 14.1. The maximum atomic E-state index is 6.36. The van der Waals surface area contributed by atoms with E-state index in [0.29, 0.717) is 0 Å². The highest BCUT2D eigenvalue weighted by Crippen LogP contribution is 2.43. The second-order valence-electron chi connectivity index (χ2n) is 17.2. The lowest BCUT2D eigenvalue weighted by molar-refractivity contribution is 0.00578. The van der Waals surface area contributed by atoms with Crippen molar-refractivity contribution in [1.82, 2.24) is 8.80 Å². The van der Waals surface area contributed by atoms with E-state index in [9.17, 15) is 0 Å². The molecule has 0 N–H and O–H groups in total. The summed E-state index contributed by atoms with van der Waals surface area (Å²) in [7, 11) is -0.361. The number of rotatable bonds is 2. The van der Waals surface area contributed by atoms with Crippen LogP contribution in [0.1, 0.15) is 36.5 Å². The molecule has 0 amide bonds. The van der Waals surface area contributed by atoms with E-state index in [-0.39, 0.29) is 51.2 Å². The number of aromatic nitrogens is 2. The van der Waals surface area contributed by atoms with E-state index in [0.717, 1.165) is 14.4 Å². The molecule has 0 radical (unpaired) electrons. The minimum atomic E-state index is -0.361. The van der Waals surface area contributed by atoms with E-state index in [4.69, 9.17) is 9.31 Å². The van der Waals surface area contributed by atoms with Crippen LogP contribution >= 0.6 is 78.4 Å². The lowest BCUT2D eigenvalue weighted by atomic mass is 9.77. The molecule has 320 valence electrons. The molecule has 9 heteroatoms. The smallest absolute Gasteiger partial charge is 0.399 e. The van der Waals surface area contributed by atoms with E-state index >= 15 is 0 Å². The summed E-state index contributed by atoms with van der Waals surface area (Å²) >= 11 is 9.16. The van der Waals surface area contributed by atoms with Gasteiger partial charge in [0.2, 0.25) is 0 Å². The van der Waals surface area contributed by atoms with Crippen molar-refractivity contribution in [1.29, 1.82) is 0 Å². The fourth-order valence-electron chi connectivity index (χ4n) is 9.27. The molecule has 4 nitrogen and oxygen atoms in total.